The van der Waals surface area contributed by atoms with Crippen LogP contribution in [0.2, 0.25) is 0 Å². The first-order valence-electron chi connectivity index (χ1n) is 7.06. The van der Waals surface area contributed by atoms with E-state index in [1.165, 1.54) is 9.79 Å². The van der Waals surface area contributed by atoms with E-state index < -0.39 is 0 Å². The molecule has 0 aliphatic rings. The third-order valence-electron chi connectivity index (χ3n) is 3.26. The summed E-state index contributed by atoms with van der Waals surface area (Å²) in [6.45, 7) is 2.16. The molecule has 2 aromatic carbocycles. The van der Waals surface area contributed by atoms with Crippen molar-refractivity contribution in [2.75, 3.05) is 0 Å². The standard InChI is InChI=1S/C18H19NS/c1-2-3-7-16(14-19)15-10-12-18(13-11-15)20-17-8-5-4-6-9-17/h4-6,8-13,16H,2-3,7H2,1H3. The van der Waals surface area contributed by atoms with Gasteiger partial charge < -0.3 is 0 Å². The first-order valence-corrected chi connectivity index (χ1v) is 7.87. The molecule has 0 aromatic heterocycles. The summed E-state index contributed by atoms with van der Waals surface area (Å²) in [6.07, 6.45) is 3.21. The van der Waals surface area contributed by atoms with Crippen LogP contribution in [0.1, 0.15) is 37.7 Å². The van der Waals surface area contributed by atoms with Gasteiger partial charge in [-0.1, -0.05) is 61.9 Å². The van der Waals surface area contributed by atoms with Crippen LogP contribution in [0, 0.1) is 11.3 Å². The zero-order valence-electron chi connectivity index (χ0n) is 11.8. The second-order valence-corrected chi connectivity index (χ2v) is 5.95. The summed E-state index contributed by atoms with van der Waals surface area (Å²) in [7, 11) is 0. The second-order valence-electron chi connectivity index (χ2n) is 4.81. The van der Waals surface area contributed by atoms with Crippen LogP contribution in [0.5, 0.6) is 0 Å². The molecule has 1 unspecified atom stereocenters. The molecule has 0 N–H and O–H groups in total. The molecule has 1 nitrogen and oxygen atoms in total. The molecule has 2 aromatic rings. The highest BCUT2D eigenvalue weighted by atomic mass is 32.2. The topological polar surface area (TPSA) is 23.8 Å². The Labute approximate surface area is 125 Å². The van der Waals surface area contributed by atoms with Crippen molar-refractivity contribution in [3.8, 4) is 6.07 Å². The minimum atomic E-state index is 0.0331. The van der Waals surface area contributed by atoms with Crippen LogP contribution >= 0.6 is 11.8 Å². The third kappa shape index (κ3) is 4.15. The zero-order valence-corrected chi connectivity index (χ0v) is 12.6. The predicted octanol–water partition coefficient (Wildman–Crippen LogP) is 5.64. The molecule has 0 saturated carbocycles. The van der Waals surface area contributed by atoms with Crippen molar-refractivity contribution in [2.45, 2.75) is 41.9 Å². The van der Waals surface area contributed by atoms with Gasteiger partial charge in [0.25, 0.3) is 0 Å². The average molecular weight is 281 g/mol. The lowest BCUT2D eigenvalue weighted by Gasteiger charge is -2.09. The molecule has 0 fully saturated rings. The van der Waals surface area contributed by atoms with Gasteiger partial charge in [0.05, 0.1) is 12.0 Å². The molecule has 0 aliphatic heterocycles. The Morgan fingerprint density at radius 2 is 1.65 bits per heavy atom. The number of rotatable bonds is 6. The van der Waals surface area contributed by atoms with Gasteiger partial charge in [-0.3, -0.25) is 0 Å². The van der Waals surface area contributed by atoms with Crippen molar-refractivity contribution in [3.63, 3.8) is 0 Å². The highest BCUT2D eigenvalue weighted by Crippen LogP contribution is 2.29. The fourth-order valence-electron chi connectivity index (χ4n) is 2.11. The molecule has 2 heteroatoms. The van der Waals surface area contributed by atoms with Crippen LogP contribution in [0.15, 0.2) is 64.4 Å². The molecule has 1 atom stereocenters. The van der Waals surface area contributed by atoms with Crippen LogP contribution in [0.25, 0.3) is 0 Å². The normalized spacial score (nSPS) is 11.8. The molecule has 0 radical (unpaired) electrons. The van der Waals surface area contributed by atoms with Crippen LogP contribution < -0.4 is 0 Å². The Hall–Kier alpha value is -1.72. The Balaban J connectivity index is 2.04. The second kappa shape index (κ2) is 7.77. The minimum Gasteiger partial charge on any atom is -0.198 e. The summed E-state index contributed by atoms with van der Waals surface area (Å²) >= 11 is 1.75. The van der Waals surface area contributed by atoms with E-state index in [0.29, 0.717) is 0 Å². The molecule has 0 heterocycles. The van der Waals surface area contributed by atoms with E-state index in [9.17, 15) is 5.26 Å². The Morgan fingerprint density at radius 3 is 2.25 bits per heavy atom. The lowest BCUT2D eigenvalue weighted by molar-refractivity contribution is 0.671. The number of hydrogen-bond acceptors (Lipinski definition) is 2. The molecule has 2 rings (SSSR count). The summed E-state index contributed by atoms with van der Waals surface area (Å²) in [4.78, 5) is 2.45. The quantitative estimate of drug-likeness (QED) is 0.684. The van der Waals surface area contributed by atoms with E-state index in [4.69, 9.17) is 0 Å². The number of benzene rings is 2. The lowest BCUT2D eigenvalue weighted by Crippen LogP contribution is -1.95. The SMILES string of the molecule is CCCCC(C#N)c1ccc(Sc2ccccc2)cc1. The highest BCUT2D eigenvalue weighted by Gasteiger charge is 2.09. The van der Waals surface area contributed by atoms with Gasteiger partial charge in [0.15, 0.2) is 0 Å². The molecule has 0 bridgehead atoms. The van der Waals surface area contributed by atoms with E-state index in [-0.39, 0.29) is 5.92 Å². The minimum absolute atomic E-state index is 0.0331. The van der Waals surface area contributed by atoms with Crippen LogP contribution in [-0.4, -0.2) is 0 Å². The summed E-state index contributed by atoms with van der Waals surface area (Å²) in [6, 6.07) is 21.2. The molecule has 0 spiro atoms. The molecule has 0 amide bonds. The van der Waals surface area contributed by atoms with E-state index in [1.54, 1.807) is 11.8 Å². The molecular weight excluding hydrogens is 262 g/mol. The van der Waals surface area contributed by atoms with Gasteiger partial charge in [0.2, 0.25) is 0 Å². The van der Waals surface area contributed by atoms with Crippen molar-refractivity contribution in [3.05, 3.63) is 60.2 Å². The van der Waals surface area contributed by atoms with Crippen molar-refractivity contribution in [1.29, 1.82) is 5.26 Å². The van der Waals surface area contributed by atoms with E-state index in [2.05, 4.69) is 49.4 Å². The molecular formula is C18H19NS. The lowest BCUT2D eigenvalue weighted by atomic mass is 9.95. The maximum absolute atomic E-state index is 9.26. The monoisotopic (exact) mass is 281 g/mol. The largest absolute Gasteiger partial charge is 0.198 e. The number of nitrogens with zero attached hydrogens (tertiary/aromatic N) is 1. The summed E-state index contributed by atoms with van der Waals surface area (Å²) in [5.74, 6) is 0.0331. The van der Waals surface area contributed by atoms with Gasteiger partial charge in [-0.25, -0.2) is 0 Å². The Bertz CT molecular complexity index is 554. The molecule has 0 saturated heterocycles. The molecule has 20 heavy (non-hydrogen) atoms. The fraction of sp³-hybridized carbons (Fsp3) is 0.278. The smallest absolute Gasteiger partial charge is 0.0712 e. The Morgan fingerprint density at radius 1 is 1.00 bits per heavy atom. The maximum Gasteiger partial charge on any atom is 0.0712 e. The third-order valence-corrected chi connectivity index (χ3v) is 4.28. The summed E-state index contributed by atoms with van der Waals surface area (Å²) in [5, 5.41) is 9.26. The number of unbranched alkanes of at least 4 members (excludes halogenated alkanes) is 1. The van der Waals surface area contributed by atoms with Crippen molar-refractivity contribution in [2.24, 2.45) is 0 Å². The van der Waals surface area contributed by atoms with Crippen molar-refractivity contribution in [1.82, 2.24) is 0 Å². The van der Waals surface area contributed by atoms with Gasteiger partial charge in [-0.2, -0.15) is 5.26 Å². The summed E-state index contributed by atoms with van der Waals surface area (Å²) in [5.41, 5.74) is 1.14. The van der Waals surface area contributed by atoms with E-state index in [1.807, 2.05) is 18.2 Å². The fourth-order valence-corrected chi connectivity index (χ4v) is 2.94. The van der Waals surface area contributed by atoms with Gasteiger partial charge in [-0.15, -0.1) is 0 Å². The highest BCUT2D eigenvalue weighted by molar-refractivity contribution is 7.99. The zero-order chi connectivity index (χ0) is 14.2. The van der Waals surface area contributed by atoms with Gasteiger partial charge in [0, 0.05) is 9.79 Å². The van der Waals surface area contributed by atoms with E-state index >= 15 is 0 Å². The van der Waals surface area contributed by atoms with Gasteiger partial charge in [0.1, 0.15) is 0 Å². The van der Waals surface area contributed by atoms with Gasteiger partial charge >= 0.3 is 0 Å². The molecule has 0 aliphatic carbocycles. The van der Waals surface area contributed by atoms with Crippen LogP contribution in [0.3, 0.4) is 0 Å². The maximum atomic E-state index is 9.26. The first kappa shape index (κ1) is 14.7. The van der Waals surface area contributed by atoms with Crippen molar-refractivity contribution >= 4 is 11.8 Å². The molecule has 102 valence electrons. The number of hydrogen-bond donors (Lipinski definition) is 0. The summed E-state index contributed by atoms with van der Waals surface area (Å²) < 4.78 is 0. The average Bonchev–Trinajstić information content (AvgIpc) is 2.50. The van der Waals surface area contributed by atoms with Gasteiger partial charge in [-0.05, 0) is 36.2 Å². The van der Waals surface area contributed by atoms with Crippen LogP contribution in [0.4, 0.5) is 0 Å². The van der Waals surface area contributed by atoms with Crippen molar-refractivity contribution < 1.29 is 0 Å². The first-order chi connectivity index (χ1) is 9.83. The van der Waals surface area contributed by atoms with Crippen LogP contribution in [-0.2, 0) is 0 Å². The Kier molecular flexibility index (Phi) is 5.70. The number of nitriles is 1. The predicted molar refractivity (Wildman–Crippen MR) is 84.9 cm³/mol. The van der Waals surface area contributed by atoms with E-state index in [0.717, 1.165) is 24.8 Å².